The Kier molecular flexibility index (Phi) is 6.33. The van der Waals surface area contributed by atoms with Gasteiger partial charge in [0.05, 0.1) is 13.4 Å². The summed E-state index contributed by atoms with van der Waals surface area (Å²) in [5, 5.41) is 2.88. The number of carbonyl (C=O) groups is 1. The number of carbonyl (C=O) groups excluding carboxylic acids is 1. The smallest absolute Gasteiger partial charge is 0.255 e. The molecule has 2 aromatic rings. The summed E-state index contributed by atoms with van der Waals surface area (Å²) < 4.78 is 29.9. The largest absolute Gasteiger partial charge is 0.497 e. The molecule has 150 valence electrons. The Balaban J connectivity index is 1.61. The van der Waals surface area contributed by atoms with Crippen molar-refractivity contribution >= 4 is 21.6 Å². The molecule has 0 saturated carbocycles. The van der Waals surface area contributed by atoms with Crippen LogP contribution < -0.4 is 10.1 Å². The number of rotatable bonds is 6. The van der Waals surface area contributed by atoms with E-state index in [9.17, 15) is 13.2 Å². The van der Waals surface area contributed by atoms with Crippen LogP contribution in [0.2, 0.25) is 0 Å². The Morgan fingerprint density at radius 3 is 2.46 bits per heavy atom. The zero-order valence-electron chi connectivity index (χ0n) is 16.1. The fraction of sp³-hybridized carbons (Fsp3) is 0.350. The van der Waals surface area contributed by atoms with Crippen molar-refractivity contribution in [3.8, 4) is 5.75 Å². The van der Waals surface area contributed by atoms with Gasteiger partial charge < -0.3 is 10.1 Å². The maximum absolute atomic E-state index is 12.6. The quantitative estimate of drug-likeness (QED) is 0.798. The number of sulfonamides is 1. The molecular weight excluding hydrogens is 378 g/mol. The highest BCUT2D eigenvalue weighted by Gasteiger charge is 2.23. The first-order chi connectivity index (χ1) is 13.3. The predicted molar refractivity (Wildman–Crippen MR) is 109 cm³/mol. The normalized spacial score (nSPS) is 15.9. The van der Waals surface area contributed by atoms with Gasteiger partial charge in [0.15, 0.2) is 0 Å². The monoisotopic (exact) mass is 403 g/mol. The van der Waals surface area contributed by atoms with E-state index in [-0.39, 0.29) is 5.91 Å². The van der Waals surface area contributed by atoms with Crippen molar-refractivity contribution in [3.63, 3.8) is 0 Å². The number of methoxy groups -OCH3 is 1. The van der Waals surface area contributed by atoms with Crippen LogP contribution in [0.1, 0.15) is 15.9 Å². The van der Waals surface area contributed by atoms with Crippen molar-refractivity contribution in [1.29, 1.82) is 0 Å². The Hall–Kier alpha value is -2.42. The number of ether oxygens (including phenoxy) is 1. The van der Waals surface area contributed by atoms with Gasteiger partial charge in [0.25, 0.3) is 5.91 Å². The maximum atomic E-state index is 12.6. The van der Waals surface area contributed by atoms with Crippen molar-refractivity contribution in [2.75, 3.05) is 44.9 Å². The van der Waals surface area contributed by atoms with Crippen LogP contribution in [-0.4, -0.2) is 63.1 Å². The third kappa shape index (κ3) is 5.31. The van der Waals surface area contributed by atoms with Crippen LogP contribution in [-0.2, 0) is 16.6 Å². The van der Waals surface area contributed by atoms with Crippen molar-refractivity contribution in [2.45, 2.75) is 6.54 Å². The summed E-state index contributed by atoms with van der Waals surface area (Å²) >= 11 is 0. The lowest BCUT2D eigenvalue weighted by atomic mass is 10.1. The molecule has 0 aromatic heterocycles. The average Bonchev–Trinajstić information content (AvgIpc) is 2.68. The second-order valence-electron chi connectivity index (χ2n) is 6.82. The molecule has 1 heterocycles. The number of nitrogens with zero attached hydrogens (tertiary/aromatic N) is 2. The van der Waals surface area contributed by atoms with Crippen LogP contribution in [0.15, 0.2) is 48.5 Å². The van der Waals surface area contributed by atoms with Crippen LogP contribution in [0.5, 0.6) is 5.75 Å². The number of hydrogen-bond acceptors (Lipinski definition) is 5. The minimum atomic E-state index is -3.13. The first-order valence-electron chi connectivity index (χ1n) is 9.07. The van der Waals surface area contributed by atoms with E-state index in [0.717, 1.165) is 5.56 Å². The molecule has 3 rings (SSSR count). The molecule has 0 bridgehead atoms. The molecule has 0 atom stereocenters. The van der Waals surface area contributed by atoms with Gasteiger partial charge in [0.1, 0.15) is 5.75 Å². The molecule has 0 radical (unpaired) electrons. The minimum Gasteiger partial charge on any atom is -0.497 e. The van der Waals surface area contributed by atoms with E-state index in [1.54, 1.807) is 19.2 Å². The van der Waals surface area contributed by atoms with E-state index in [4.69, 9.17) is 4.74 Å². The van der Waals surface area contributed by atoms with Gasteiger partial charge in [-0.2, -0.15) is 4.31 Å². The molecule has 1 saturated heterocycles. The van der Waals surface area contributed by atoms with Crippen LogP contribution in [0.4, 0.5) is 5.69 Å². The van der Waals surface area contributed by atoms with E-state index in [1.165, 1.54) is 10.6 Å². The average molecular weight is 404 g/mol. The lowest BCUT2D eigenvalue weighted by molar-refractivity contribution is 0.102. The summed E-state index contributed by atoms with van der Waals surface area (Å²) in [4.78, 5) is 14.8. The molecule has 2 aromatic carbocycles. The van der Waals surface area contributed by atoms with Crippen molar-refractivity contribution in [3.05, 3.63) is 59.7 Å². The molecule has 0 unspecified atom stereocenters. The fourth-order valence-corrected chi connectivity index (χ4v) is 4.02. The maximum Gasteiger partial charge on any atom is 0.255 e. The Labute approximate surface area is 166 Å². The van der Waals surface area contributed by atoms with Crippen molar-refractivity contribution in [1.82, 2.24) is 9.21 Å². The Morgan fingerprint density at radius 1 is 1.07 bits per heavy atom. The lowest BCUT2D eigenvalue weighted by Gasteiger charge is -2.33. The van der Waals surface area contributed by atoms with Gasteiger partial charge in [-0.1, -0.05) is 18.2 Å². The van der Waals surface area contributed by atoms with E-state index in [0.29, 0.717) is 49.7 Å². The standard InChI is InChI=1S/C20H25N3O4S/c1-27-19-8-4-7-18(14-19)21-20(24)17-6-3-5-16(13-17)15-22-9-11-23(12-10-22)28(2,25)26/h3-8,13-14H,9-12,15H2,1-2H3,(H,21,24). The predicted octanol–water partition coefficient (Wildman–Crippen LogP) is 2.02. The molecule has 1 amide bonds. The molecule has 8 heteroatoms. The first kappa shape index (κ1) is 20.3. The summed E-state index contributed by atoms with van der Waals surface area (Å²) in [6.45, 7) is 3.02. The molecule has 1 aliphatic rings. The summed E-state index contributed by atoms with van der Waals surface area (Å²) in [7, 11) is -1.55. The second kappa shape index (κ2) is 8.72. The van der Waals surface area contributed by atoms with Crippen LogP contribution >= 0.6 is 0 Å². The Bertz CT molecular complexity index is 938. The minimum absolute atomic E-state index is 0.183. The van der Waals surface area contributed by atoms with Gasteiger partial charge in [-0.15, -0.1) is 0 Å². The van der Waals surface area contributed by atoms with E-state index in [2.05, 4.69) is 10.2 Å². The molecule has 1 aliphatic heterocycles. The molecule has 0 spiro atoms. The molecular formula is C20H25N3O4S. The highest BCUT2D eigenvalue weighted by atomic mass is 32.2. The number of piperazine rings is 1. The SMILES string of the molecule is COc1cccc(NC(=O)c2cccc(CN3CCN(S(C)(=O)=O)CC3)c2)c1. The van der Waals surface area contributed by atoms with Gasteiger partial charge in [0.2, 0.25) is 10.0 Å². The number of hydrogen-bond donors (Lipinski definition) is 1. The Morgan fingerprint density at radius 2 is 1.79 bits per heavy atom. The van der Waals surface area contributed by atoms with Crippen LogP contribution in [0, 0.1) is 0 Å². The topological polar surface area (TPSA) is 79.0 Å². The zero-order chi connectivity index (χ0) is 20.1. The summed E-state index contributed by atoms with van der Waals surface area (Å²) in [6.07, 6.45) is 1.24. The molecule has 1 fully saturated rings. The van der Waals surface area contributed by atoms with Crippen molar-refractivity contribution in [2.24, 2.45) is 0 Å². The lowest BCUT2D eigenvalue weighted by Crippen LogP contribution is -2.47. The zero-order valence-corrected chi connectivity index (χ0v) is 16.9. The summed E-state index contributed by atoms with van der Waals surface area (Å²) in [5.41, 5.74) is 2.27. The second-order valence-corrected chi connectivity index (χ2v) is 8.81. The number of benzene rings is 2. The number of amides is 1. The highest BCUT2D eigenvalue weighted by molar-refractivity contribution is 7.88. The highest BCUT2D eigenvalue weighted by Crippen LogP contribution is 2.18. The van der Waals surface area contributed by atoms with Crippen LogP contribution in [0.3, 0.4) is 0 Å². The summed E-state index contributed by atoms with van der Waals surface area (Å²) in [5.74, 6) is 0.497. The summed E-state index contributed by atoms with van der Waals surface area (Å²) in [6, 6.07) is 14.7. The van der Waals surface area contributed by atoms with Gasteiger partial charge in [-0.05, 0) is 29.8 Å². The first-order valence-corrected chi connectivity index (χ1v) is 10.9. The molecule has 7 nitrogen and oxygen atoms in total. The number of anilines is 1. The molecule has 0 aliphatic carbocycles. The number of nitrogens with one attached hydrogen (secondary N) is 1. The van der Waals surface area contributed by atoms with Gasteiger partial charge >= 0.3 is 0 Å². The van der Waals surface area contributed by atoms with E-state index < -0.39 is 10.0 Å². The van der Waals surface area contributed by atoms with E-state index >= 15 is 0 Å². The molecule has 28 heavy (non-hydrogen) atoms. The third-order valence-electron chi connectivity index (χ3n) is 4.72. The van der Waals surface area contributed by atoms with E-state index in [1.807, 2.05) is 36.4 Å². The van der Waals surface area contributed by atoms with Crippen LogP contribution in [0.25, 0.3) is 0 Å². The van der Waals surface area contributed by atoms with Gasteiger partial charge in [0, 0.05) is 50.0 Å². The molecule has 1 N–H and O–H groups in total. The van der Waals surface area contributed by atoms with Gasteiger partial charge in [-0.25, -0.2) is 8.42 Å². The third-order valence-corrected chi connectivity index (χ3v) is 6.03. The fourth-order valence-electron chi connectivity index (χ4n) is 3.19. The van der Waals surface area contributed by atoms with Gasteiger partial charge in [-0.3, -0.25) is 9.69 Å². The van der Waals surface area contributed by atoms with Crippen molar-refractivity contribution < 1.29 is 17.9 Å².